The molecule has 3 heterocycles. The van der Waals surface area contributed by atoms with Crippen LogP contribution in [0.25, 0.3) is 5.65 Å². The number of amides is 1. The molecule has 3 aromatic rings. The third-order valence-corrected chi connectivity index (χ3v) is 4.73. The maximum Gasteiger partial charge on any atom is 0.453 e. The lowest BCUT2D eigenvalue weighted by atomic mass is 9.97. The summed E-state index contributed by atoms with van der Waals surface area (Å²) >= 11 is 0. The predicted octanol–water partition coefficient (Wildman–Crippen LogP) is 3.14. The Bertz CT molecular complexity index is 1030. The molecule has 4 rings (SSSR count). The molecule has 0 bridgehead atoms. The molecular formula is C18H16F4N6O. The Kier molecular flexibility index (Phi) is 4.81. The molecule has 1 amide bonds. The molecule has 0 spiro atoms. The number of halogens is 4. The van der Waals surface area contributed by atoms with Crippen LogP contribution in [-0.2, 0) is 11.0 Å². The summed E-state index contributed by atoms with van der Waals surface area (Å²) in [5, 5.41) is 13.4. The molecule has 152 valence electrons. The van der Waals surface area contributed by atoms with E-state index in [1.807, 2.05) is 0 Å². The summed E-state index contributed by atoms with van der Waals surface area (Å²) in [7, 11) is 0. The summed E-state index contributed by atoms with van der Waals surface area (Å²) in [5.74, 6) is -1.91. The molecule has 1 aliphatic rings. The van der Waals surface area contributed by atoms with Crippen molar-refractivity contribution in [2.45, 2.75) is 19.0 Å². The topological polar surface area (TPSA) is 75.4 Å². The van der Waals surface area contributed by atoms with Crippen LogP contribution in [0.2, 0.25) is 0 Å². The first-order valence-corrected chi connectivity index (χ1v) is 8.92. The van der Waals surface area contributed by atoms with Gasteiger partial charge >= 0.3 is 6.18 Å². The number of fused-ring (bicyclic) bond motifs is 1. The highest BCUT2D eigenvalue weighted by atomic mass is 19.4. The van der Waals surface area contributed by atoms with Crippen LogP contribution in [0, 0.1) is 11.7 Å². The van der Waals surface area contributed by atoms with Crippen molar-refractivity contribution in [2.24, 2.45) is 5.92 Å². The number of nitrogens with zero attached hydrogens (tertiary/aromatic N) is 5. The first-order chi connectivity index (χ1) is 13.8. The zero-order valence-electron chi connectivity index (χ0n) is 15.0. The molecule has 1 atom stereocenters. The first kappa shape index (κ1) is 19.1. The van der Waals surface area contributed by atoms with Crippen LogP contribution >= 0.6 is 0 Å². The molecule has 1 fully saturated rings. The number of piperidine rings is 1. The zero-order valence-corrected chi connectivity index (χ0v) is 15.0. The number of rotatable bonds is 3. The number of nitrogens with one attached hydrogen (secondary N) is 1. The summed E-state index contributed by atoms with van der Waals surface area (Å²) in [6, 6.07) is 8.40. The number of benzene rings is 1. The second-order valence-electron chi connectivity index (χ2n) is 6.76. The van der Waals surface area contributed by atoms with E-state index in [2.05, 4.69) is 20.6 Å². The summed E-state index contributed by atoms with van der Waals surface area (Å²) in [6.07, 6.45) is -3.37. The van der Waals surface area contributed by atoms with Crippen molar-refractivity contribution in [3.63, 3.8) is 0 Å². The van der Waals surface area contributed by atoms with Crippen LogP contribution in [0.1, 0.15) is 18.7 Å². The standard InChI is InChI=1S/C18H16F4N6O/c19-12-3-5-13(6-4-12)23-16(29)11-2-1-9-27(10-11)15-8-7-14-24-25-17(18(20,21)22)28(14)26-15/h3-8,11H,1-2,9-10H2,(H,23,29)/t11-/m0/s1. The molecule has 1 saturated heterocycles. The SMILES string of the molecule is O=C(Nc1ccc(F)cc1)[C@H]1CCCN(c2ccc3nnc(C(F)(F)F)n3n2)C1. The van der Waals surface area contributed by atoms with E-state index >= 15 is 0 Å². The Balaban J connectivity index is 1.52. The summed E-state index contributed by atoms with van der Waals surface area (Å²) in [5.41, 5.74) is 0.469. The minimum Gasteiger partial charge on any atom is -0.354 e. The van der Waals surface area contributed by atoms with E-state index in [4.69, 9.17) is 0 Å². The smallest absolute Gasteiger partial charge is 0.354 e. The summed E-state index contributed by atoms with van der Waals surface area (Å²) in [4.78, 5) is 14.3. The number of carbonyl (C=O) groups is 1. The highest BCUT2D eigenvalue weighted by Crippen LogP contribution is 2.29. The third kappa shape index (κ3) is 3.98. The molecule has 0 radical (unpaired) electrons. The van der Waals surface area contributed by atoms with E-state index in [0.717, 1.165) is 0 Å². The van der Waals surface area contributed by atoms with Crippen LogP contribution in [0.15, 0.2) is 36.4 Å². The molecule has 29 heavy (non-hydrogen) atoms. The van der Waals surface area contributed by atoms with Crippen molar-refractivity contribution in [2.75, 3.05) is 23.3 Å². The van der Waals surface area contributed by atoms with Crippen molar-refractivity contribution >= 4 is 23.1 Å². The number of hydrogen-bond acceptors (Lipinski definition) is 5. The molecule has 0 saturated carbocycles. The van der Waals surface area contributed by atoms with Crippen molar-refractivity contribution in [1.29, 1.82) is 0 Å². The van der Waals surface area contributed by atoms with Crippen molar-refractivity contribution in [3.8, 4) is 0 Å². The molecule has 7 nitrogen and oxygen atoms in total. The van der Waals surface area contributed by atoms with Gasteiger partial charge in [-0.3, -0.25) is 4.79 Å². The van der Waals surface area contributed by atoms with Crippen LogP contribution in [-0.4, -0.2) is 38.8 Å². The van der Waals surface area contributed by atoms with E-state index in [-0.39, 0.29) is 17.5 Å². The molecule has 1 N–H and O–H groups in total. The number of hydrogen-bond donors (Lipinski definition) is 1. The molecule has 0 aliphatic carbocycles. The van der Waals surface area contributed by atoms with E-state index in [9.17, 15) is 22.4 Å². The van der Waals surface area contributed by atoms with E-state index in [1.165, 1.54) is 30.3 Å². The van der Waals surface area contributed by atoms with Crippen molar-refractivity contribution in [3.05, 3.63) is 48.0 Å². The van der Waals surface area contributed by atoms with Gasteiger partial charge in [-0.15, -0.1) is 15.3 Å². The fourth-order valence-electron chi connectivity index (χ4n) is 3.30. The Labute approximate surface area is 162 Å². The molecule has 1 aliphatic heterocycles. The van der Waals surface area contributed by atoms with E-state index < -0.39 is 17.8 Å². The van der Waals surface area contributed by atoms with Crippen LogP contribution in [0.4, 0.5) is 29.1 Å². The second-order valence-corrected chi connectivity index (χ2v) is 6.76. The van der Waals surface area contributed by atoms with E-state index in [0.29, 0.717) is 42.0 Å². The largest absolute Gasteiger partial charge is 0.453 e. The third-order valence-electron chi connectivity index (χ3n) is 4.73. The highest BCUT2D eigenvalue weighted by Gasteiger charge is 2.38. The van der Waals surface area contributed by atoms with Crippen LogP contribution in [0.5, 0.6) is 0 Å². The van der Waals surface area contributed by atoms with Gasteiger partial charge in [-0.25, -0.2) is 4.39 Å². The lowest BCUT2D eigenvalue weighted by Crippen LogP contribution is -2.41. The second kappa shape index (κ2) is 7.30. The maximum atomic E-state index is 13.1. The molecule has 1 aromatic carbocycles. The minimum atomic E-state index is -4.68. The quantitative estimate of drug-likeness (QED) is 0.674. The van der Waals surface area contributed by atoms with Gasteiger partial charge in [-0.1, -0.05) is 0 Å². The normalized spacial score (nSPS) is 17.5. The number of carbonyl (C=O) groups excluding carboxylic acids is 1. The minimum absolute atomic E-state index is 0.0105. The van der Waals surface area contributed by atoms with Crippen molar-refractivity contribution < 1.29 is 22.4 Å². The van der Waals surface area contributed by atoms with Gasteiger partial charge in [0.25, 0.3) is 5.82 Å². The fourth-order valence-corrected chi connectivity index (χ4v) is 3.30. The van der Waals surface area contributed by atoms with Gasteiger partial charge in [0.2, 0.25) is 5.91 Å². The van der Waals surface area contributed by atoms with Gasteiger partial charge in [0.15, 0.2) is 5.65 Å². The lowest BCUT2D eigenvalue weighted by molar-refractivity contribution is -0.146. The Hall–Kier alpha value is -3.24. The van der Waals surface area contributed by atoms with E-state index in [1.54, 1.807) is 11.0 Å². The average Bonchev–Trinajstić information content (AvgIpc) is 3.13. The fraction of sp³-hybridized carbons (Fsp3) is 0.333. The van der Waals surface area contributed by atoms with Gasteiger partial charge in [0.1, 0.15) is 11.6 Å². The van der Waals surface area contributed by atoms with Gasteiger partial charge in [-0.2, -0.15) is 17.7 Å². The van der Waals surface area contributed by atoms with Crippen LogP contribution < -0.4 is 10.2 Å². The number of alkyl halides is 3. The average molecular weight is 408 g/mol. The summed E-state index contributed by atoms with van der Waals surface area (Å²) < 4.78 is 52.9. The lowest BCUT2D eigenvalue weighted by Gasteiger charge is -2.32. The molecule has 2 aromatic heterocycles. The Morgan fingerprint density at radius 2 is 1.86 bits per heavy atom. The van der Waals surface area contributed by atoms with Crippen molar-refractivity contribution in [1.82, 2.24) is 19.8 Å². The number of anilines is 2. The maximum absolute atomic E-state index is 13.1. The van der Waals surface area contributed by atoms with Gasteiger partial charge < -0.3 is 10.2 Å². The zero-order chi connectivity index (χ0) is 20.6. The van der Waals surface area contributed by atoms with Gasteiger partial charge in [0.05, 0.1) is 5.92 Å². The number of aromatic nitrogens is 4. The summed E-state index contributed by atoms with van der Waals surface area (Å²) in [6.45, 7) is 0.858. The van der Waals surface area contributed by atoms with Crippen LogP contribution in [0.3, 0.4) is 0 Å². The molecular weight excluding hydrogens is 392 g/mol. The molecule has 0 unspecified atom stereocenters. The van der Waals surface area contributed by atoms with Gasteiger partial charge in [-0.05, 0) is 49.2 Å². The predicted molar refractivity (Wildman–Crippen MR) is 95.8 cm³/mol. The first-order valence-electron chi connectivity index (χ1n) is 8.92. The molecule has 11 heteroatoms. The van der Waals surface area contributed by atoms with Gasteiger partial charge in [0, 0.05) is 18.8 Å². The monoisotopic (exact) mass is 408 g/mol. The Morgan fingerprint density at radius 1 is 1.10 bits per heavy atom. The Morgan fingerprint density at radius 3 is 2.59 bits per heavy atom. The highest BCUT2D eigenvalue weighted by molar-refractivity contribution is 5.93.